The monoisotopic (exact) mass is 220 g/mol. The smallest absolute Gasteiger partial charge is 0.547 e. The van der Waals surface area contributed by atoms with Crippen molar-refractivity contribution >= 4 is 35.0 Å². The zero-order chi connectivity index (χ0) is 8.31. The number of aliphatic carboxylic acids is 2. The van der Waals surface area contributed by atoms with Gasteiger partial charge in [0.25, 0.3) is 0 Å². The first-order valence-corrected chi connectivity index (χ1v) is 2.24. The number of hydrogen-bond acceptors (Lipinski definition) is 6. The molecule has 2 N–H and O–H groups in total. The van der Waals surface area contributed by atoms with E-state index in [9.17, 15) is 19.8 Å². The maximum atomic E-state index is 9.63. The van der Waals surface area contributed by atoms with Gasteiger partial charge in [-0.25, -0.2) is 0 Å². The van der Waals surface area contributed by atoms with Crippen molar-refractivity contribution in [2.45, 2.75) is 12.2 Å². The number of aliphatic hydroxyl groups excluding tert-OH is 2. The van der Waals surface area contributed by atoms with Crippen molar-refractivity contribution in [1.82, 2.24) is 0 Å². The molecule has 0 fully saturated rings. The first kappa shape index (κ1) is 18.2. The van der Waals surface area contributed by atoms with E-state index in [0.29, 0.717) is 0 Å². The third kappa shape index (κ3) is 5.92. The molecule has 0 heterocycles. The quantitative estimate of drug-likeness (QED) is 0.459. The Morgan fingerprint density at radius 2 is 1.17 bits per heavy atom. The van der Waals surface area contributed by atoms with Gasteiger partial charge in [-0.15, -0.1) is 0 Å². The summed E-state index contributed by atoms with van der Waals surface area (Å²) in [7, 11) is 0. The van der Waals surface area contributed by atoms with Crippen molar-refractivity contribution in [1.29, 1.82) is 0 Å². The molecule has 0 aliphatic rings. The fourth-order valence-electron chi connectivity index (χ4n) is 0.258. The summed E-state index contributed by atoms with van der Waals surface area (Å²) < 4.78 is 0. The van der Waals surface area contributed by atoms with Crippen molar-refractivity contribution in [3.05, 3.63) is 0 Å². The summed E-state index contributed by atoms with van der Waals surface area (Å²) in [6, 6.07) is 0. The maximum absolute atomic E-state index is 9.63. The Morgan fingerprint density at radius 3 is 1.25 bits per heavy atom. The molecule has 0 aromatic rings. The van der Waals surface area contributed by atoms with Crippen LogP contribution in [0.4, 0.5) is 0 Å². The average Bonchev–Trinajstić information content (AvgIpc) is 1.84. The maximum Gasteiger partial charge on any atom is 2.00 e. The zero-order valence-electron chi connectivity index (χ0n) is 5.89. The van der Waals surface area contributed by atoms with E-state index in [-0.39, 0.29) is 44.8 Å². The molecule has 8 heteroatoms. The van der Waals surface area contributed by atoms with Crippen LogP contribution in [0.2, 0.25) is 0 Å². The molecule has 0 rings (SSSR count). The van der Waals surface area contributed by atoms with Crippen molar-refractivity contribution in [3.8, 4) is 0 Å². The third-order valence-corrected chi connectivity index (χ3v) is 0.782. The number of rotatable bonds is 3. The molecule has 0 aliphatic heterocycles. The van der Waals surface area contributed by atoms with Crippen LogP contribution in [0.25, 0.3) is 0 Å². The van der Waals surface area contributed by atoms with Gasteiger partial charge in [-0.2, -0.15) is 0 Å². The summed E-state index contributed by atoms with van der Waals surface area (Å²) in [6.07, 6.45) is -4.88. The third-order valence-electron chi connectivity index (χ3n) is 0.782. The second kappa shape index (κ2) is 7.96. The molecule has 6 nitrogen and oxygen atoms in total. The van der Waals surface area contributed by atoms with Gasteiger partial charge in [-0.05, 0) is 0 Å². The number of hydrogen-bond donors (Lipinski definition) is 2. The van der Waals surface area contributed by atoms with Gasteiger partial charge in [0.05, 0.1) is 11.9 Å². The van der Waals surface area contributed by atoms with Crippen LogP contribution in [-0.4, -0.2) is 57.4 Å². The van der Waals surface area contributed by atoms with Gasteiger partial charge < -0.3 is 30.0 Å². The van der Waals surface area contributed by atoms with E-state index in [4.69, 9.17) is 10.2 Å². The minimum atomic E-state index is -2.44. The number of carboxylic acids is 2. The Labute approximate surface area is 98.6 Å². The van der Waals surface area contributed by atoms with Gasteiger partial charge in [0, 0.05) is 21.7 Å². The molecule has 0 saturated heterocycles. The van der Waals surface area contributed by atoms with Gasteiger partial charge in [0.2, 0.25) is 0 Å². The Kier molecular flexibility index (Phi) is 12.1. The van der Waals surface area contributed by atoms with Crippen LogP contribution < -0.4 is 10.2 Å². The average molecular weight is 220 g/mol. The largest absolute Gasteiger partial charge is 2.00 e. The number of carbonyl (C=O) groups excluding carboxylic acids is 2. The summed E-state index contributed by atoms with van der Waals surface area (Å²) in [6.45, 7) is 0. The first-order valence-electron chi connectivity index (χ1n) is 2.24. The minimum absolute atomic E-state index is 0. The fourth-order valence-corrected chi connectivity index (χ4v) is 0.258. The van der Waals surface area contributed by atoms with E-state index >= 15 is 0 Å². The normalized spacial score (nSPS) is 13.2. The summed E-state index contributed by atoms with van der Waals surface area (Å²) >= 11 is 0. The second-order valence-electron chi connectivity index (χ2n) is 1.53. The molecule has 62 valence electrons. The Bertz CT molecular complexity index is 144. The number of carbonyl (C=O) groups is 2. The van der Waals surface area contributed by atoms with Crippen LogP contribution in [0.3, 0.4) is 0 Å². The molecule has 0 amide bonds. The van der Waals surface area contributed by atoms with Crippen molar-refractivity contribution in [2.24, 2.45) is 0 Å². The molecule has 0 spiro atoms. The van der Waals surface area contributed by atoms with E-state index in [2.05, 4.69) is 0 Å². The van der Waals surface area contributed by atoms with Crippen molar-refractivity contribution in [2.75, 3.05) is 0 Å². The van der Waals surface area contributed by atoms with E-state index in [1.165, 1.54) is 0 Å². The summed E-state index contributed by atoms with van der Waals surface area (Å²) in [4.78, 5) is 19.3. The van der Waals surface area contributed by atoms with Gasteiger partial charge >= 0.3 is 23.1 Å². The number of aliphatic hydroxyl groups is 2. The van der Waals surface area contributed by atoms with Gasteiger partial charge in [0.1, 0.15) is 12.2 Å². The SMILES string of the molecule is O=C([O-])C(O)C(O)C(=O)[O-].[Mg+2].[Ti]. The topological polar surface area (TPSA) is 121 Å². The predicted molar refractivity (Wildman–Crippen MR) is 27.8 cm³/mol. The fraction of sp³-hybridized carbons (Fsp3) is 0.500. The van der Waals surface area contributed by atoms with E-state index in [1.807, 2.05) is 0 Å². The van der Waals surface area contributed by atoms with Crippen LogP contribution in [0.5, 0.6) is 0 Å². The van der Waals surface area contributed by atoms with E-state index in [1.54, 1.807) is 0 Å². The van der Waals surface area contributed by atoms with Crippen molar-refractivity contribution in [3.63, 3.8) is 0 Å². The van der Waals surface area contributed by atoms with E-state index < -0.39 is 24.1 Å². The predicted octanol–water partition coefficient (Wildman–Crippen LogP) is -5.18. The summed E-state index contributed by atoms with van der Waals surface area (Å²) in [5.41, 5.74) is 0. The van der Waals surface area contributed by atoms with Crippen LogP contribution in [0.1, 0.15) is 0 Å². The van der Waals surface area contributed by atoms with Gasteiger partial charge in [-0.3, -0.25) is 0 Å². The summed E-state index contributed by atoms with van der Waals surface area (Å²) in [5.74, 6) is -4.12. The molecular formula is C4H4MgO6Ti. The molecule has 2 unspecified atom stereocenters. The summed E-state index contributed by atoms with van der Waals surface area (Å²) in [5, 5.41) is 35.7. The number of carboxylic acid groups (broad SMARTS) is 2. The minimum Gasteiger partial charge on any atom is -0.547 e. The van der Waals surface area contributed by atoms with Crippen LogP contribution >= 0.6 is 0 Å². The van der Waals surface area contributed by atoms with Crippen molar-refractivity contribution < 1.29 is 51.7 Å². The van der Waals surface area contributed by atoms with E-state index in [0.717, 1.165) is 0 Å². The zero-order valence-corrected chi connectivity index (χ0v) is 8.86. The molecule has 0 aromatic heterocycles. The molecular weight excluding hydrogens is 216 g/mol. The Hall–Kier alpha value is 0.341. The van der Waals surface area contributed by atoms with Gasteiger partial charge in [-0.1, -0.05) is 0 Å². The van der Waals surface area contributed by atoms with Crippen LogP contribution in [0, 0.1) is 0 Å². The molecule has 0 radical (unpaired) electrons. The molecule has 0 bridgehead atoms. The Morgan fingerprint density at radius 1 is 1.00 bits per heavy atom. The Balaban J connectivity index is -0.000000405. The van der Waals surface area contributed by atoms with Gasteiger partial charge in [0.15, 0.2) is 0 Å². The standard InChI is InChI=1S/C4H6O6.Mg.Ti/c5-1(3(7)8)2(6)4(9)10;;/h1-2,5-6H,(H,7,8)(H,9,10);;/q;+2;/p-2. The molecule has 0 aliphatic carbocycles. The van der Waals surface area contributed by atoms with Crippen LogP contribution in [0.15, 0.2) is 0 Å². The first-order chi connectivity index (χ1) is 4.46. The molecule has 0 saturated carbocycles. The van der Waals surface area contributed by atoms with Crippen LogP contribution in [-0.2, 0) is 31.3 Å². The second-order valence-corrected chi connectivity index (χ2v) is 1.53. The molecule has 2 atom stereocenters. The molecule has 12 heavy (non-hydrogen) atoms. The molecule has 0 aromatic carbocycles.